The summed E-state index contributed by atoms with van der Waals surface area (Å²) >= 11 is 0. The van der Waals surface area contributed by atoms with Gasteiger partial charge in [0.05, 0.1) is 17.4 Å². The Balaban J connectivity index is 1.33. The lowest BCUT2D eigenvalue weighted by Gasteiger charge is -2.34. The standard InChI is InChI=1S/C22H29N5O2/c1-26-8-10-27(11-9-26)20-6-4-18(5-7-20)25-22(28)17-13-19(15-23-14-17)24-16-21-3-2-12-29-21/h4-7,13-15,21,24H,2-3,8-12,16H2,1H3,(H,25,28). The first-order valence-corrected chi connectivity index (χ1v) is 10.3. The number of nitrogens with zero attached hydrogens (tertiary/aromatic N) is 3. The molecule has 2 saturated heterocycles. The quantitative estimate of drug-likeness (QED) is 0.784. The van der Waals surface area contributed by atoms with Crippen molar-refractivity contribution in [3.05, 3.63) is 48.3 Å². The van der Waals surface area contributed by atoms with E-state index in [2.05, 4.69) is 44.6 Å². The highest BCUT2D eigenvalue weighted by atomic mass is 16.5. The fraction of sp³-hybridized carbons (Fsp3) is 0.455. The van der Waals surface area contributed by atoms with Crippen molar-refractivity contribution in [3.8, 4) is 0 Å². The number of carbonyl (C=O) groups is 1. The van der Waals surface area contributed by atoms with Gasteiger partial charge in [-0.1, -0.05) is 0 Å². The van der Waals surface area contributed by atoms with Gasteiger partial charge in [0.2, 0.25) is 0 Å². The van der Waals surface area contributed by atoms with Gasteiger partial charge in [0, 0.05) is 63.1 Å². The number of hydrogen-bond donors (Lipinski definition) is 2. The molecule has 0 bridgehead atoms. The lowest BCUT2D eigenvalue weighted by molar-refractivity contribution is 0.102. The monoisotopic (exact) mass is 395 g/mol. The van der Waals surface area contributed by atoms with Gasteiger partial charge in [-0.3, -0.25) is 9.78 Å². The molecule has 2 N–H and O–H groups in total. The van der Waals surface area contributed by atoms with Gasteiger partial charge in [-0.25, -0.2) is 0 Å². The van der Waals surface area contributed by atoms with E-state index in [-0.39, 0.29) is 12.0 Å². The number of pyridine rings is 1. The molecule has 2 fully saturated rings. The molecule has 7 heteroatoms. The van der Waals surface area contributed by atoms with E-state index in [1.54, 1.807) is 12.4 Å². The van der Waals surface area contributed by atoms with E-state index in [4.69, 9.17) is 4.74 Å². The van der Waals surface area contributed by atoms with Crippen molar-refractivity contribution < 1.29 is 9.53 Å². The average molecular weight is 396 g/mol. The number of likely N-dealkylation sites (N-methyl/N-ethyl adjacent to an activating group) is 1. The van der Waals surface area contributed by atoms with E-state index in [0.29, 0.717) is 5.56 Å². The molecule has 1 unspecified atom stereocenters. The van der Waals surface area contributed by atoms with Crippen LogP contribution >= 0.6 is 0 Å². The van der Waals surface area contributed by atoms with Crippen LogP contribution in [0.1, 0.15) is 23.2 Å². The van der Waals surface area contributed by atoms with Crippen molar-refractivity contribution in [2.24, 2.45) is 0 Å². The van der Waals surface area contributed by atoms with Crippen molar-refractivity contribution in [1.29, 1.82) is 0 Å². The van der Waals surface area contributed by atoms with Crippen LogP contribution in [-0.2, 0) is 4.74 Å². The van der Waals surface area contributed by atoms with Gasteiger partial charge < -0.3 is 25.2 Å². The van der Waals surface area contributed by atoms with Gasteiger partial charge in [0.1, 0.15) is 0 Å². The minimum atomic E-state index is -0.161. The number of amides is 1. The molecule has 1 aromatic carbocycles. The number of benzene rings is 1. The zero-order chi connectivity index (χ0) is 20.1. The van der Waals surface area contributed by atoms with E-state index in [1.807, 2.05) is 18.2 Å². The van der Waals surface area contributed by atoms with Gasteiger partial charge in [0.25, 0.3) is 5.91 Å². The lowest BCUT2D eigenvalue weighted by Crippen LogP contribution is -2.44. The Hall–Kier alpha value is -2.64. The second-order valence-corrected chi connectivity index (χ2v) is 7.77. The predicted molar refractivity (Wildman–Crippen MR) is 116 cm³/mol. The number of nitrogens with one attached hydrogen (secondary N) is 2. The Morgan fingerprint density at radius 1 is 1.14 bits per heavy atom. The summed E-state index contributed by atoms with van der Waals surface area (Å²) in [5, 5.41) is 6.28. The summed E-state index contributed by atoms with van der Waals surface area (Å²) < 4.78 is 5.62. The maximum atomic E-state index is 12.6. The highest BCUT2D eigenvalue weighted by Gasteiger charge is 2.16. The molecule has 154 valence electrons. The molecule has 29 heavy (non-hydrogen) atoms. The Morgan fingerprint density at radius 2 is 1.93 bits per heavy atom. The molecule has 0 radical (unpaired) electrons. The summed E-state index contributed by atoms with van der Waals surface area (Å²) in [5.74, 6) is -0.161. The highest BCUT2D eigenvalue weighted by Crippen LogP contribution is 2.20. The van der Waals surface area contributed by atoms with Crippen molar-refractivity contribution in [2.75, 3.05) is 61.9 Å². The lowest BCUT2D eigenvalue weighted by atomic mass is 10.2. The summed E-state index contributed by atoms with van der Waals surface area (Å²) in [5.41, 5.74) is 3.34. The SMILES string of the molecule is CN1CCN(c2ccc(NC(=O)c3cncc(NCC4CCCO4)c3)cc2)CC1. The molecule has 7 nitrogen and oxygen atoms in total. The van der Waals surface area contributed by atoms with E-state index in [1.165, 1.54) is 5.69 Å². The molecule has 0 saturated carbocycles. The topological polar surface area (TPSA) is 69.7 Å². The Kier molecular flexibility index (Phi) is 6.27. The molecular formula is C22H29N5O2. The number of aromatic nitrogens is 1. The van der Waals surface area contributed by atoms with Gasteiger partial charge in [-0.05, 0) is 50.2 Å². The van der Waals surface area contributed by atoms with Crippen LogP contribution in [-0.4, -0.2) is 68.3 Å². The fourth-order valence-electron chi connectivity index (χ4n) is 3.72. The van der Waals surface area contributed by atoms with Gasteiger partial charge in [0.15, 0.2) is 0 Å². The minimum absolute atomic E-state index is 0.161. The number of hydrogen-bond acceptors (Lipinski definition) is 6. The van der Waals surface area contributed by atoms with Crippen LogP contribution in [0.3, 0.4) is 0 Å². The van der Waals surface area contributed by atoms with E-state index in [0.717, 1.165) is 63.5 Å². The van der Waals surface area contributed by atoms with Crippen molar-refractivity contribution in [1.82, 2.24) is 9.88 Å². The van der Waals surface area contributed by atoms with E-state index in [9.17, 15) is 4.79 Å². The smallest absolute Gasteiger partial charge is 0.257 e. The zero-order valence-electron chi connectivity index (χ0n) is 16.9. The average Bonchev–Trinajstić information content (AvgIpc) is 3.27. The van der Waals surface area contributed by atoms with Crippen LogP contribution < -0.4 is 15.5 Å². The molecule has 2 aliphatic heterocycles. The number of rotatable bonds is 6. The number of anilines is 3. The number of piperazine rings is 1. The molecule has 1 amide bonds. The van der Waals surface area contributed by atoms with E-state index >= 15 is 0 Å². The number of ether oxygens (including phenoxy) is 1. The summed E-state index contributed by atoms with van der Waals surface area (Å²) in [7, 11) is 2.15. The minimum Gasteiger partial charge on any atom is -0.381 e. The third-order valence-electron chi connectivity index (χ3n) is 5.55. The third-order valence-corrected chi connectivity index (χ3v) is 5.55. The van der Waals surface area contributed by atoms with Crippen LogP contribution in [0.5, 0.6) is 0 Å². The molecule has 0 aliphatic carbocycles. The summed E-state index contributed by atoms with van der Waals surface area (Å²) in [6.07, 6.45) is 5.75. The maximum Gasteiger partial charge on any atom is 0.257 e. The normalized spacial score (nSPS) is 19.9. The molecule has 2 aliphatic rings. The van der Waals surface area contributed by atoms with Crippen LogP contribution in [0.2, 0.25) is 0 Å². The molecule has 2 aromatic rings. The third kappa shape index (κ3) is 5.25. The number of carbonyl (C=O) groups excluding carboxylic acids is 1. The van der Waals surface area contributed by atoms with Crippen molar-refractivity contribution in [3.63, 3.8) is 0 Å². The molecule has 4 rings (SSSR count). The fourth-order valence-corrected chi connectivity index (χ4v) is 3.72. The van der Waals surface area contributed by atoms with Crippen LogP contribution in [0, 0.1) is 0 Å². The summed E-state index contributed by atoms with van der Waals surface area (Å²) in [6, 6.07) is 9.88. The Labute approximate surface area is 172 Å². The Morgan fingerprint density at radius 3 is 2.66 bits per heavy atom. The Bertz CT molecular complexity index is 812. The second-order valence-electron chi connectivity index (χ2n) is 7.77. The first-order chi connectivity index (χ1) is 14.2. The zero-order valence-corrected chi connectivity index (χ0v) is 16.9. The van der Waals surface area contributed by atoms with Gasteiger partial charge >= 0.3 is 0 Å². The molecule has 1 aromatic heterocycles. The van der Waals surface area contributed by atoms with Crippen molar-refractivity contribution in [2.45, 2.75) is 18.9 Å². The first-order valence-electron chi connectivity index (χ1n) is 10.3. The van der Waals surface area contributed by atoms with Crippen LogP contribution in [0.15, 0.2) is 42.7 Å². The van der Waals surface area contributed by atoms with Gasteiger partial charge in [-0.15, -0.1) is 0 Å². The van der Waals surface area contributed by atoms with Crippen LogP contribution in [0.4, 0.5) is 17.1 Å². The first kappa shape index (κ1) is 19.7. The molecule has 1 atom stereocenters. The summed E-state index contributed by atoms with van der Waals surface area (Å²) in [4.78, 5) is 21.5. The van der Waals surface area contributed by atoms with Crippen molar-refractivity contribution >= 4 is 23.0 Å². The van der Waals surface area contributed by atoms with E-state index < -0.39 is 0 Å². The van der Waals surface area contributed by atoms with Crippen LogP contribution in [0.25, 0.3) is 0 Å². The predicted octanol–water partition coefficient (Wildman–Crippen LogP) is 2.68. The largest absolute Gasteiger partial charge is 0.381 e. The molecule has 0 spiro atoms. The summed E-state index contributed by atoms with van der Waals surface area (Å²) in [6.45, 7) is 5.77. The second kappa shape index (κ2) is 9.24. The van der Waals surface area contributed by atoms with Gasteiger partial charge in [-0.2, -0.15) is 0 Å². The maximum absolute atomic E-state index is 12.6. The molecular weight excluding hydrogens is 366 g/mol. The molecule has 3 heterocycles. The highest BCUT2D eigenvalue weighted by molar-refractivity contribution is 6.04.